The van der Waals surface area contributed by atoms with Gasteiger partial charge in [-0.25, -0.2) is 18.6 Å². The predicted molar refractivity (Wildman–Crippen MR) is 83.0 cm³/mol. The molecule has 0 bridgehead atoms. The minimum absolute atomic E-state index is 0.0278. The fraction of sp³-hybridized carbons (Fsp3) is 0.0588. The first-order valence-corrected chi connectivity index (χ1v) is 7.63. The number of benzene rings is 2. The summed E-state index contributed by atoms with van der Waals surface area (Å²) in [5.41, 5.74) is 1.46. The number of carbonyl (C=O) groups is 1. The van der Waals surface area contributed by atoms with Crippen LogP contribution in [-0.4, -0.2) is 11.0 Å². The van der Waals surface area contributed by atoms with Crippen molar-refractivity contribution in [3.05, 3.63) is 76.8 Å². The molecule has 1 heterocycles. The van der Waals surface area contributed by atoms with Gasteiger partial charge in [-0.05, 0) is 42.0 Å². The molecule has 0 atom stereocenters. The number of aromatic nitrogens is 1. The quantitative estimate of drug-likeness (QED) is 0.663. The number of hydrogen-bond acceptors (Lipinski definition) is 4. The second-order valence-electron chi connectivity index (χ2n) is 4.75. The van der Waals surface area contributed by atoms with Crippen LogP contribution in [0.15, 0.2) is 53.9 Å². The highest BCUT2D eigenvalue weighted by molar-refractivity contribution is 7.13. The van der Waals surface area contributed by atoms with Gasteiger partial charge in [-0.15, -0.1) is 11.3 Å². The van der Waals surface area contributed by atoms with Crippen LogP contribution < -0.4 is 0 Å². The maximum absolute atomic E-state index is 13.1. The normalized spacial score (nSPS) is 10.5. The first-order chi connectivity index (χ1) is 11.1. The van der Waals surface area contributed by atoms with Gasteiger partial charge in [-0.2, -0.15) is 0 Å². The number of ether oxygens (including phenoxy) is 1. The van der Waals surface area contributed by atoms with Gasteiger partial charge in [0, 0.05) is 10.9 Å². The Morgan fingerprint density at radius 3 is 2.61 bits per heavy atom. The molecule has 0 saturated heterocycles. The Hall–Kier alpha value is -2.60. The molecule has 0 aliphatic rings. The van der Waals surface area contributed by atoms with Crippen molar-refractivity contribution in [2.45, 2.75) is 6.61 Å². The summed E-state index contributed by atoms with van der Waals surface area (Å²) in [7, 11) is 0. The number of halogens is 2. The van der Waals surface area contributed by atoms with E-state index in [1.165, 1.54) is 35.6 Å². The third-order valence-electron chi connectivity index (χ3n) is 3.06. The topological polar surface area (TPSA) is 39.2 Å². The van der Waals surface area contributed by atoms with Gasteiger partial charge in [0.2, 0.25) is 0 Å². The van der Waals surface area contributed by atoms with E-state index in [9.17, 15) is 13.6 Å². The van der Waals surface area contributed by atoms with Gasteiger partial charge in [0.1, 0.15) is 23.2 Å². The highest BCUT2D eigenvalue weighted by Crippen LogP contribution is 2.24. The van der Waals surface area contributed by atoms with E-state index in [1.54, 1.807) is 29.6 Å². The second kappa shape index (κ2) is 6.66. The van der Waals surface area contributed by atoms with Crippen molar-refractivity contribution < 1.29 is 18.3 Å². The molecule has 23 heavy (non-hydrogen) atoms. The van der Waals surface area contributed by atoms with E-state index in [0.717, 1.165) is 5.56 Å². The van der Waals surface area contributed by atoms with Crippen LogP contribution in [0.2, 0.25) is 0 Å². The number of thiazole rings is 1. The van der Waals surface area contributed by atoms with Crippen molar-refractivity contribution in [2.75, 3.05) is 0 Å². The smallest absolute Gasteiger partial charge is 0.358 e. The molecule has 0 aliphatic heterocycles. The lowest BCUT2D eigenvalue weighted by atomic mass is 10.2. The zero-order chi connectivity index (χ0) is 16.2. The molecule has 0 spiro atoms. The van der Waals surface area contributed by atoms with Gasteiger partial charge in [-0.3, -0.25) is 0 Å². The molecule has 116 valence electrons. The van der Waals surface area contributed by atoms with Crippen LogP contribution in [-0.2, 0) is 11.3 Å². The van der Waals surface area contributed by atoms with Crippen molar-refractivity contribution in [1.29, 1.82) is 0 Å². The number of carbonyl (C=O) groups excluding carboxylic acids is 1. The molecule has 0 fully saturated rings. The van der Waals surface area contributed by atoms with Gasteiger partial charge < -0.3 is 4.74 Å². The van der Waals surface area contributed by atoms with Gasteiger partial charge in [0.05, 0.1) is 0 Å². The van der Waals surface area contributed by atoms with E-state index in [4.69, 9.17) is 4.74 Å². The molecule has 3 nitrogen and oxygen atoms in total. The average Bonchev–Trinajstić information content (AvgIpc) is 3.03. The molecule has 0 aliphatic carbocycles. The summed E-state index contributed by atoms with van der Waals surface area (Å²) in [6.45, 7) is -0.0278. The van der Waals surface area contributed by atoms with E-state index in [2.05, 4.69) is 4.98 Å². The fourth-order valence-electron chi connectivity index (χ4n) is 1.94. The number of rotatable bonds is 4. The van der Waals surface area contributed by atoms with Crippen molar-refractivity contribution in [2.24, 2.45) is 0 Å². The first kappa shape index (κ1) is 15.3. The lowest BCUT2D eigenvalue weighted by Gasteiger charge is -2.03. The highest BCUT2D eigenvalue weighted by Gasteiger charge is 2.13. The predicted octanol–water partition coefficient (Wildman–Crippen LogP) is 4.45. The van der Waals surface area contributed by atoms with Crippen molar-refractivity contribution in [3.63, 3.8) is 0 Å². The van der Waals surface area contributed by atoms with Crippen molar-refractivity contribution in [3.8, 4) is 10.6 Å². The summed E-state index contributed by atoms with van der Waals surface area (Å²) >= 11 is 1.27. The maximum atomic E-state index is 13.1. The standard InChI is InChI=1S/C17H11F2NO2S/c18-13-6-4-12(5-7-13)16-20-15(10-23-16)17(21)22-9-11-2-1-3-14(19)8-11/h1-8,10H,9H2. The Morgan fingerprint density at radius 1 is 1.09 bits per heavy atom. The molecule has 3 rings (SSSR count). The summed E-state index contributed by atoms with van der Waals surface area (Å²) < 4.78 is 31.1. The van der Waals surface area contributed by atoms with E-state index in [0.29, 0.717) is 10.6 Å². The lowest BCUT2D eigenvalue weighted by molar-refractivity contribution is 0.0466. The van der Waals surface area contributed by atoms with Crippen molar-refractivity contribution >= 4 is 17.3 Å². The summed E-state index contributed by atoms with van der Waals surface area (Å²) in [5.74, 6) is -1.30. The fourth-order valence-corrected chi connectivity index (χ4v) is 2.74. The zero-order valence-corrected chi connectivity index (χ0v) is 12.6. The summed E-state index contributed by atoms with van der Waals surface area (Å²) in [6, 6.07) is 11.7. The maximum Gasteiger partial charge on any atom is 0.358 e. The molecule has 0 saturated carbocycles. The SMILES string of the molecule is O=C(OCc1cccc(F)c1)c1csc(-c2ccc(F)cc2)n1. The molecule has 0 N–H and O–H groups in total. The van der Waals surface area contributed by atoms with Gasteiger partial charge in [0.25, 0.3) is 0 Å². The summed E-state index contributed by atoms with van der Waals surface area (Å²) in [4.78, 5) is 16.2. The van der Waals surface area contributed by atoms with Crippen LogP contribution >= 0.6 is 11.3 Å². The third kappa shape index (κ3) is 3.78. The molecule has 0 amide bonds. The number of esters is 1. The Labute approximate surface area is 135 Å². The van der Waals surface area contributed by atoms with E-state index in [-0.39, 0.29) is 23.9 Å². The molecular weight excluding hydrogens is 320 g/mol. The van der Waals surface area contributed by atoms with Gasteiger partial charge >= 0.3 is 5.97 Å². The molecule has 3 aromatic rings. The van der Waals surface area contributed by atoms with Crippen LogP contribution in [0.5, 0.6) is 0 Å². The Bertz CT molecular complexity index is 831. The summed E-state index contributed by atoms with van der Waals surface area (Å²) in [6.07, 6.45) is 0. The highest BCUT2D eigenvalue weighted by atomic mass is 32.1. The Morgan fingerprint density at radius 2 is 1.87 bits per heavy atom. The molecule has 2 aromatic carbocycles. The lowest BCUT2D eigenvalue weighted by Crippen LogP contribution is -2.05. The van der Waals surface area contributed by atoms with Gasteiger partial charge in [0.15, 0.2) is 5.69 Å². The minimum atomic E-state index is -0.584. The van der Waals surface area contributed by atoms with E-state index >= 15 is 0 Å². The Balaban J connectivity index is 1.67. The van der Waals surface area contributed by atoms with Crippen LogP contribution in [0.3, 0.4) is 0 Å². The van der Waals surface area contributed by atoms with E-state index in [1.807, 2.05) is 0 Å². The van der Waals surface area contributed by atoms with Crippen molar-refractivity contribution in [1.82, 2.24) is 4.98 Å². The average molecular weight is 331 g/mol. The number of nitrogens with zero attached hydrogens (tertiary/aromatic N) is 1. The van der Waals surface area contributed by atoms with Crippen LogP contribution in [0, 0.1) is 11.6 Å². The summed E-state index contributed by atoms with van der Waals surface area (Å²) in [5, 5.41) is 2.18. The molecule has 1 aromatic heterocycles. The van der Waals surface area contributed by atoms with E-state index < -0.39 is 5.97 Å². The van der Waals surface area contributed by atoms with Gasteiger partial charge in [-0.1, -0.05) is 12.1 Å². The first-order valence-electron chi connectivity index (χ1n) is 6.75. The Kier molecular flexibility index (Phi) is 4.43. The van der Waals surface area contributed by atoms with Crippen LogP contribution in [0.1, 0.15) is 16.1 Å². The van der Waals surface area contributed by atoms with Crippen LogP contribution in [0.4, 0.5) is 8.78 Å². The number of hydrogen-bond donors (Lipinski definition) is 0. The minimum Gasteiger partial charge on any atom is -0.456 e. The molecule has 6 heteroatoms. The third-order valence-corrected chi connectivity index (χ3v) is 3.95. The molecular formula is C17H11F2NO2S. The monoisotopic (exact) mass is 331 g/mol. The second-order valence-corrected chi connectivity index (χ2v) is 5.61. The molecule has 0 unspecified atom stereocenters. The van der Waals surface area contributed by atoms with Crippen LogP contribution in [0.25, 0.3) is 10.6 Å². The zero-order valence-electron chi connectivity index (χ0n) is 11.8. The molecule has 0 radical (unpaired) electrons. The largest absolute Gasteiger partial charge is 0.456 e.